The number of aromatic nitrogens is 1. The minimum atomic E-state index is -0.0169. The van der Waals surface area contributed by atoms with Gasteiger partial charge in [0.2, 0.25) is 11.8 Å². The molecule has 5 rings (SSSR count). The van der Waals surface area contributed by atoms with Crippen molar-refractivity contribution in [2.24, 2.45) is 5.92 Å². The van der Waals surface area contributed by atoms with Crippen molar-refractivity contribution >= 4 is 34.7 Å². The van der Waals surface area contributed by atoms with Crippen molar-refractivity contribution < 1.29 is 14.3 Å². The minimum Gasteiger partial charge on any atom is -0.381 e. The van der Waals surface area contributed by atoms with E-state index >= 15 is 0 Å². The molecule has 2 amide bonds. The second-order valence-electron chi connectivity index (χ2n) is 8.27. The molecule has 7 heteroatoms. The van der Waals surface area contributed by atoms with Crippen LogP contribution >= 0.6 is 0 Å². The monoisotopic (exact) mass is 406 g/mol. The Morgan fingerprint density at radius 1 is 1.20 bits per heavy atom. The molecule has 2 aliphatic heterocycles. The molecule has 2 aromatic rings. The third-order valence-corrected chi connectivity index (χ3v) is 6.53. The van der Waals surface area contributed by atoms with Crippen LogP contribution in [0.1, 0.15) is 37.7 Å². The van der Waals surface area contributed by atoms with Gasteiger partial charge in [-0.05, 0) is 49.9 Å². The van der Waals surface area contributed by atoms with Gasteiger partial charge >= 0.3 is 0 Å². The zero-order valence-corrected chi connectivity index (χ0v) is 17.1. The predicted molar refractivity (Wildman–Crippen MR) is 115 cm³/mol. The summed E-state index contributed by atoms with van der Waals surface area (Å²) in [5, 5.41) is 3.39. The average Bonchev–Trinajstić information content (AvgIpc) is 2.94. The van der Waals surface area contributed by atoms with E-state index in [4.69, 9.17) is 4.74 Å². The maximum atomic E-state index is 13.7. The number of nitrogens with one attached hydrogen (secondary N) is 1. The number of β-lactam (4-membered cyclic amide) rings is 1. The number of nitrogens with zero attached hydrogens (tertiary/aromatic N) is 3. The third-order valence-electron chi connectivity index (χ3n) is 6.53. The highest BCUT2D eigenvalue weighted by Crippen LogP contribution is 2.40. The van der Waals surface area contributed by atoms with Crippen molar-refractivity contribution in [2.75, 3.05) is 28.8 Å². The van der Waals surface area contributed by atoms with Crippen molar-refractivity contribution in [1.82, 2.24) is 4.98 Å². The van der Waals surface area contributed by atoms with E-state index in [1.54, 1.807) is 18.2 Å². The summed E-state index contributed by atoms with van der Waals surface area (Å²) >= 11 is 0. The van der Waals surface area contributed by atoms with Crippen molar-refractivity contribution in [3.05, 3.63) is 42.1 Å². The summed E-state index contributed by atoms with van der Waals surface area (Å²) in [5.74, 6) is 1.01. The van der Waals surface area contributed by atoms with Crippen LogP contribution in [0.15, 0.2) is 36.5 Å². The van der Waals surface area contributed by atoms with E-state index < -0.39 is 0 Å². The first-order chi connectivity index (χ1) is 14.6. The smallest absolute Gasteiger partial charge is 0.230 e. The van der Waals surface area contributed by atoms with Crippen LogP contribution < -0.4 is 15.1 Å². The molecule has 1 aromatic carbocycles. The summed E-state index contributed by atoms with van der Waals surface area (Å²) in [6.07, 6.45) is 6.07. The van der Waals surface area contributed by atoms with Crippen LogP contribution in [-0.2, 0) is 20.9 Å². The number of pyridine rings is 1. The van der Waals surface area contributed by atoms with E-state index in [0.717, 1.165) is 60.7 Å². The molecule has 3 aliphatic rings. The predicted octanol–water partition coefficient (Wildman–Crippen LogP) is 3.61. The Balaban J connectivity index is 1.51. The van der Waals surface area contributed by atoms with E-state index in [1.807, 2.05) is 35.2 Å². The molecule has 0 atom stereocenters. The lowest BCUT2D eigenvalue weighted by Crippen LogP contribution is -2.43. The van der Waals surface area contributed by atoms with Crippen molar-refractivity contribution in [2.45, 2.75) is 44.8 Å². The first-order valence-corrected chi connectivity index (χ1v) is 10.6. The molecule has 0 unspecified atom stereocenters. The van der Waals surface area contributed by atoms with E-state index in [-0.39, 0.29) is 23.8 Å². The Hall–Kier alpha value is -2.93. The van der Waals surface area contributed by atoms with Crippen LogP contribution in [0, 0.1) is 5.92 Å². The van der Waals surface area contributed by atoms with Gasteiger partial charge in [-0.3, -0.25) is 9.59 Å². The number of amides is 2. The number of benzene rings is 1. The molecule has 0 bridgehead atoms. The van der Waals surface area contributed by atoms with Gasteiger partial charge in [0.15, 0.2) is 0 Å². The maximum Gasteiger partial charge on any atom is 0.230 e. The van der Waals surface area contributed by atoms with Gasteiger partial charge in [0, 0.05) is 43.4 Å². The van der Waals surface area contributed by atoms with Gasteiger partial charge in [0.25, 0.3) is 0 Å². The Bertz CT molecular complexity index is 984. The van der Waals surface area contributed by atoms with Gasteiger partial charge in [-0.2, -0.15) is 0 Å². The van der Waals surface area contributed by atoms with Crippen molar-refractivity contribution in [3.8, 4) is 0 Å². The first-order valence-electron chi connectivity index (χ1n) is 10.6. The lowest BCUT2D eigenvalue weighted by Gasteiger charge is -2.34. The maximum absolute atomic E-state index is 13.7. The number of hydrogen-bond donors (Lipinski definition) is 1. The molecule has 1 saturated carbocycles. The van der Waals surface area contributed by atoms with E-state index in [1.165, 1.54) is 0 Å². The second kappa shape index (κ2) is 7.72. The molecule has 2 fully saturated rings. The lowest BCUT2D eigenvalue weighted by molar-refractivity contribution is -0.124. The average molecular weight is 406 g/mol. The largest absolute Gasteiger partial charge is 0.381 e. The molecule has 1 aromatic heterocycles. The third kappa shape index (κ3) is 3.33. The molecule has 0 radical (unpaired) electrons. The molecule has 1 N–H and O–H groups in total. The molecular formula is C23H26N4O3. The summed E-state index contributed by atoms with van der Waals surface area (Å²) in [6.45, 7) is 1.19. The van der Waals surface area contributed by atoms with Crippen LogP contribution in [0.25, 0.3) is 0 Å². The molecule has 30 heavy (non-hydrogen) atoms. The van der Waals surface area contributed by atoms with Crippen LogP contribution in [0.5, 0.6) is 0 Å². The first kappa shape index (κ1) is 19.1. The highest BCUT2D eigenvalue weighted by molar-refractivity contribution is 6.03. The fourth-order valence-corrected chi connectivity index (χ4v) is 4.63. The molecule has 3 heterocycles. The van der Waals surface area contributed by atoms with Crippen LogP contribution in [0.2, 0.25) is 0 Å². The topological polar surface area (TPSA) is 74.8 Å². The summed E-state index contributed by atoms with van der Waals surface area (Å²) in [6, 6.07) is 9.74. The van der Waals surface area contributed by atoms with E-state index in [0.29, 0.717) is 13.0 Å². The fourth-order valence-electron chi connectivity index (χ4n) is 4.63. The van der Waals surface area contributed by atoms with Gasteiger partial charge < -0.3 is 19.9 Å². The molecular weight excluding hydrogens is 380 g/mol. The lowest BCUT2D eigenvalue weighted by atomic mass is 9.86. The van der Waals surface area contributed by atoms with Crippen LogP contribution in [-0.4, -0.2) is 36.6 Å². The molecule has 1 aliphatic carbocycles. The molecule has 156 valence electrons. The Kier molecular flexibility index (Phi) is 4.90. The van der Waals surface area contributed by atoms with Crippen molar-refractivity contribution in [1.29, 1.82) is 0 Å². The minimum absolute atomic E-state index is 0.0169. The number of anilines is 4. The number of carbonyl (C=O) groups is 2. The van der Waals surface area contributed by atoms with Gasteiger partial charge in [-0.25, -0.2) is 4.98 Å². The zero-order valence-electron chi connectivity index (χ0n) is 17.1. The van der Waals surface area contributed by atoms with Gasteiger partial charge in [0.1, 0.15) is 5.82 Å². The number of carbonyl (C=O) groups excluding carboxylic acids is 2. The SMILES string of the molecule is CO[C@H]1CC[C@H](C(=O)N2Cc3cccnc3Nc3ccc(N4CCC4=O)cc32)CC1. The highest BCUT2D eigenvalue weighted by atomic mass is 16.5. The Morgan fingerprint density at radius 3 is 2.73 bits per heavy atom. The van der Waals surface area contributed by atoms with E-state index in [9.17, 15) is 9.59 Å². The number of fused-ring (bicyclic) bond motifs is 2. The van der Waals surface area contributed by atoms with Crippen molar-refractivity contribution in [3.63, 3.8) is 0 Å². The summed E-state index contributed by atoms with van der Waals surface area (Å²) < 4.78 is 5.48. The number of methoxy groups -OCH3 is 1. The van der Waals surface area contributed by atoms with Crippen LogP contribution in [0.3, 0.4) is 0 Å². The Labute approximate surface area is 176 Å². The van der Waals surface area contributed by atoms with Gasteiger partial charge in [-0.15, -0.1) is 0 Å². The quantitative estimate of drug-likeness (QED) is 0.788. The summed E-state index contributed by atoms with van der Waals surface area (Å²) in [4.78, 5) is 33.7. The standard InChI is InChI=1S/C23H26N4O3/c1-30-18-7-4-15(5-8-18)23(29)27-14-16-3-2-11-24-22(16)25-19-9-6-17(13-20(19)27)26-12-10-21(26)28/h2-3,6,9,11,13,15,18H,4-5,7-8,10,12,14H2,1H3,(H,24,25)/t15-,18-. The normalized spacial score (nSPS) is 23.0. The summed E-state index contributed by atoms with van der Waals surface area (Å²) in [7, 11) is 1.74. The summed E-state index contributed by atoms with van der Waals surface area (Å²) in [5.41, 5.74) is 3.47. The number of rotatable bonds is 3. The Morgan fingerprint density at radius 2 is 2.03 bits per heavy atom. The number of ether oxygens (including phenoxy) is 1. The zero-order chi connectivity index (χ0) is 20.7. The van der Waals surface area contributed by atoms with E-state index in [2.05, 4.69) is 10.3 Å². The molecule has 7 nitrogen and oxygen atoms in total. The fraction of sp³-hybridized carbons (Fsp3) is 0.435. The van der Waals surface area contributed by atoms with Crippen LogP contribution in [0.4, 0.5) is 22.9 Å². The molecule has 0 spiro atoms. The number of hydrogen-bond acceptors (Lipinski definition) is 5. The molecule has 1 saturated heterocycles. The second-order valence-corrected chi connectivity index (χ2v) is 8.27. The van der Waals surface area contributed by atoms with Gasteiger partial charge in [-0.1, -0.05) is 6.07 Å². The highest BCUT2D eigenvalue weighted by Gasteiger charge is 2.34. The van der Waals surface area contributed by atoms with Gasteiger partial charge in [0.05, 0.1) is 24.0 Å².